The number of hydrogen-bond acceptors (Lipinski definition) is 5. The van der Waals surface area contributed by atoms with E-state index in [0.717, 1.165) is 30.9 Å². The minimum atomic E-state index is 0. The van der Waals surface area contributed by atoms with E-state index in [1.807, 2.05) is 24.3 Å². The van der Waals surface area contributed by atoms with Gasteiger partial charge in [-0.25, -0.2) is 0 Å². The molecule has 0 bridgehead atoms. The quantitative estimate of drug-likeness (QED) is 0.731. The van der Waals surface area contributed by atoms with Crippen LogP contribution in [0, 0.1) is 0 Å². The van der Waals surface area contributed by atoms with Crippen molar-refractivity contribution in [2.24, 2.45) is 0 Å². The van der Waals surface area contributed by atoms with E-state index in [1.54, 1.807) is 0 Å². The highest BCUT2D eigenvalue weighted by atomic mass is 35.5. The number of aliphatic hydroxyl groups excluding tert-OH is 1. The predicted octanol–water partition coefficient (Wildman–Crippen LogP) is 2.11. The van der Waals surface area contributed by atoms with Crippen LogP contribution in [0.15, 0.2) is 24.3 Å². The molecule has 0 aromatic heterocycles. The van der Waals surface area contributed by atoms with Gasteiger partial charge in [0.15, 0.2) is 0 Å². The summed E-state index contributed by atoms with van der Waals surface area (Å²) in [5.41, 5.74) is 0.887. The Morgan fingerprint density at radius 2 is 1.74 bits per heavy atom. The maximum Gasteiger partial charge on any atom is 0.119 e. The van der Waals surface area contributed by atoms with Crippen LogP contribution in [0.4, 0.5) is 0 Å². The molecule has 5 nitrogen and oxygen atoms in total. The first-order valence-electron chi connectivity index (χ1n) is 7.95. The highest BCUT2D eigenvalue weighted by Gasteiger charge is 2.21. The number of nitrogens with zero attached hydrogens (tertiary/aromatic N) is 1. The van der Waals surface area contributed by atoms with Crippen molar-refractivity contribution in [3.8, 4) is 5.75 Å². The number of benzene rings is 1. The fourth-order valence-corrected chi connectivity index (χ4v) is 2.67. The molecule has 0 aliphatic carbocycles. The zero-order valence-electron chi connectivity index (χ0n) is 13.9. The summed E-state index contributed by atoms with van der Waals surface area (Å²) < 4.78 is 16.9. The van der Waals surface area contributed by atoms with Gasteiger partial charge in [0.05, 0.1) is 32.0 Å². The highest BCUT2D eigenvalue weighted by Crippen LogP contribution is 2.12. The summed E-state index contributed by atoms with van der Waals surface area (Å²) in [4.78, 5) is 2.38. The third-order valence-electron chi connectivity index (χ3n) is 3.65. The minimum Gasteiger partial charge on any atom is -0.491 e. The second kappa shape index (κ2) is 10.8. The van der Waals surface area contributed by atoms with Gasteiger partial charge in [0, 0.05) is 19.6 Å². The average molecular weight is 346 g/mol. The number of morpholine rings is 1. The number of rotatable bonds is 8. The van der Waals surface area contributed by atoms with Crippen molar-refractivity contribution in [1.29, 1.82) is 0 Å². The molecule has 1 saturated heterocycles. The molecule has 6 heteroatoms. The van der Waals surface area contributed by atoms with E-state index in [-0.39, 0.29) is 19.0 Å². The van der Waals surface area contributed by atoms with Crippen molar-refractivity contribution < 1.29 is 19.3 Å². The first-order chi connectivity index (χ1) is 10.7. The van der Waals surface area contributed by atoms with Crippen LogP contribution in [0.1, 0.15) is 19.4 Å². The molecular formula is C17H28ClNO4. The predicted molar refractivity (Wildman–Crippen MR) is 92.4 cm³/mol. The van der Waals surface area contributed by atoms with Crippen LogP contribution in [0.25, 0.3) is 0 Å². The van der Waals surface area contributed by atoms with Gasteiger partial charge in [-0.05, 0) is 31.5 Å². The van der Waals surface area contributed by atoms with E-state index < -0.39 is 0 Å². The van der Waals surface area contributed by atoms with Crippen LogP contribution in [0.2, 0.25) is 0 Å². The van der Waals surface area contributed by atoms with Gasteiger partial charge in [-0.1, -0.05) is 12.1 Å². The summed E-state index contributed by atoms with van der Waals surface area (Å²) in [6.45, 7) is 8.99. The lowest BCUT2D eigenvalue weighted by molar-refractivity contribution is -0.0734. The standard InChI is InChI=1S/C17H27NO4.ClH/c1-14-11-18(12-15(2)22-14)7-8-20-9-10-21-17-5-3-16(13-19)4-6-17;/h3-6,14-15,19H,7-13H2,1-2H3;1H. The number of ether oxygens (including phenoxy) is 3. The van der Waals surface area contributed by atoms with Gasteiger partial charge in [-0.15, -0.1) is 12.4 Å². The molecule has 1 aromatic rings. The van der Waals surface area contributed by atoms with E-state index in [0.29, 0.717) is 32.0 Å². The summed E-state index contributed by atoms with van der Waals surface area (Å²) in [6.07, 6.45) is 0.600. The Balaban J connectivity index is 0.00000264. The lowest BCUT2D eigenvalue weighted by Crippen LogP contribution is -2.46. The summed E-state index contributed by atoms with van der Waals surface area (Å²) in [5.74, 6) is 0.802. The minimum absolute atomic E-state index is 0. The van der Waals surface area contributed by atoms with Crippen LogP contribution < -0.4 is 4.74 Å². The number of halogens is 1. The molecule has 23 heavy (non-hydrogen) atoms. The van der Waals surface area contributed by atoms with Gasteiger partial charge >= 0.3 is 0 Å². The van der Waals surface area contributed by atoms with E-state index in [2.05, 4.69) is 18.7 Å². The maximum absolute atomic E-state index is 8.97. The zero-order valence-corrected chi connectivity index (χ0v) is 14.8. The molecule has 1 N–H and O–H groups in total. The van der Waals surface area contributed by atoms with Gasteiger partial charge in [0.2, 0.25) is 0 Å². The third-order valence-corrected chi connectivity index (χ3v) is 3.65. The first kappa shape index (κ1) is 20.2. The molecule has 0 saturated carbocycles. The zero-order chi connectivity index (χ0) is 15.8. The molecule has 1 aliphatic heterocycles. The molecule has 1 heterocycles. The first-order valence-corrected chi connectivity index (χ1v) is 7.95. The molecule has 2 atom stereocenters. The Hall–Kier alpha value is -0.850. The number of aliphatic hydroxyl groups is 1. The maximum atomic E-state index is 8.97. The summed E-state index contributed by atoms with van der Waals surface area (Å²) in [6, 6.07) is 7.44. The van der Waals surface area contributed by atoms with Crippen molar-refractivity contribution in [3.63, 3.8) is 0 Å². The second-order valence-corrected chi connectivity index (χ2v) is 5.78. The van der Waals surface area contributed by atoms with Crippen LogP contribution in [0.5, 0.6) is 5.75 Å². The lowest BCUT2D eigenvalue weighted by Gasteiger charge is -2.35. The van der Waals surface area contributed by atoms with E-state index in [9.17, 15) is 0 Å². The average Bonchev–Trinajstić information content (AvgIpc) is 2.50. The largest absolute Gasteiger partial charge is 0.491 e. The van der Waals surface area contributed by atoms with Gasteiger partial charge in [-0.3, -0.25) is 4.90 Å². The summed E-state index contributed by atoms with van der Waals surface area (Å²) in [5, 5.41) is 8.97. The lowest BCUT2D eigenvalue weighted by atomic mass is 10.2. The summed E-state index contributed by atoms with van der Waals surface area (Å²) in [7, 11) is 0. The monoisotopic (exact) mass is 345 g/mol. The molecule has 1 aromatic carbocycles. The van der Waals surface area contributed by atoms with Gasteiger partial charge in [0.25, 0.3) is 0 Å². The van der Waals surface area contributed by atoms with Crippen molar-refractivity contribution in [2.75, 3.05) is 39.5 Å². The van der Waals surface area contributed by atoms with Gasteiger partial charge < -0.3 is 19.3 Å². The Morgan fingerprint density at radius 1 is 1.09 bits per heavy atom. The molecule has 0 radical (unpaired) electrons. The van der Waals surface area contributed by atoms with Crippen molar-refractivity contribution in [2.45, 2.75) is 32.7 Å². The molecule has 2 unspecified atom stereocenters. The van der Waals surface area contributed by atoms with Crippen LogP contribution in [-0.4, -0.2) is 61.7 Å². The molecule has 1 fully saturated rings. The van der Waals surface area contributed by atoms with Crippen molar-refractivity contribution >= 4 is 12.4 Å². The molecule has 0 spiro atoms. The van der Waals surface area contributed by atoms with Gasteiger partial charge in [0.1, 0.15) is 12.4 Å². The van der Waals surface area contributed by atoms with E-state index >= 15 is 0 Å². The van der Waals surface area contributed by atoms with Crippen LogP contribution in [0.3, 0.4) is 0 Å². The Morgan fingerprint density at radius 3 is 2.35 bits per heavy atom. The smallest absolute Gasteiger partial charge is 0.119 e. The van der Waals surface area contributed by atoms with E-state index in [1.165, 1.54) is 0 Å². The van der Waals surface area contributed by atoms with Gasteiger partial charge in [-0.2, -0.15) is 0 Å². The van der Waals surface area contributed by atoms with E-state index in [4.69, 9.17) is 19.3 Å². The summed E-state index contributed by atoms with van der Waals surface area (Å²) >= 11 is 0. The number of hydrogen-bond donors (Lipinski definition) is 1. The Labute approximate surface area is 144 Å². The fraction of sp³-hybridized carbons (Fsp3) is 0.647. The highest BCUT2D eigenvalue weighted by molar-refractivity contribution is 5.85. The molecule has 1 aliphatic rings. The Bertz CT molecular complexity index is 419. The molecule has 0 amide bonds. The normalized spacial score (nSPS) is 21.7. The fourth-order valence-electron chi connectivity index (χ4n) is 2.67. The van der Waals surface area contributed by atoms with Crippen LogP contribution >= 0.6 is 12.4 Å². The van der Waals surface area contributed by atoms with Crippen LogP contribution in [-0.2, 0) is 16.1 Å². The third kappa shape index (κ3) is 7.50. The molecule has 132 valence electrons. The molecular weight excluding hydrogens is 318 g/mol. The molecule has 2 rings (SSSR count). The second-order valence-electron chi connectivity index (χ2n) is 5.78. The van der Waals surface area contributed by atoms with Crippen molar-refractivity contribution in [3.05, 3.63) is 29.8 Å². The topological polar surface area (TPSA) is 51.2 Å². The Kier molecular flexibility index (Phi) is 9.52. The van der Waals surface area contributed by atoms with Crippen molar-refractivity contribution in [1.82, 2.24) is 4.90 Å². The SMILES string of the molecule is CC1CN(CCOCCOc2ccc(CO)cc2)CC(C)O1.Cl.